The number of rotatable bonds is 4. The standard InChI is InChI=1S/C16H13N3OS/c20-16(7-6-14-5-2-10-21-14)18-13-4-1-3-12(11-13)15-8-9-17-19-15/h1-11H,(H,17,19)(H,18,20)/b7-6-. The molecule has 2 N–H and O–H groups in total. The van der Waals surface area contributed by atoms with E-state index in [9.17, 15) is 4.79 Å². The van der Waals surface area contributed by atoms with Crippen molar-refractivity contribution in [2.45, 2.75) is 0 Å². The average Bonchev–Trinajstić information content (AvgIpc) is 3.19. The number of hydrogen-bond acceptors (Lipinski definition) is 3. The van der Waals surface area contributed by atoms with Gasteiger partial charge in [-0.2, -0.15) is 5.10 Å². The molecule has 1 amide bonds. The number of hydrogen-bond donors (Lipinski definition) is 2. The Morgan fingerprint density at radius 1 is 1.24 bits per heavy atom. The highest BCUT2D eigenvalue weighted by Gasteiger charge is 2.02. The molecule has 5 heteroatoms. The van der Waals surface area contributed by atoms with Crippen LogP contribution < -0.4 is 5.32 Å². The number of anilines is 1. The van der Waals surface area contributed by atoms with Crippen molar-refractivity contribution < 1.29 is 4.79 Å². The molecule has 0 fully saturated rings. The Morgan fingerprint density at radius 2 is 2.19 bits per heavy atom. The number of carbonyl (C=O) groups is 1. The maximum Gasteiger partial charge on any atom is 0.248 e. The van der Waals surface area contributed by atoms with Crippen LogP contribution in [0.25, 0.3) is 17.3 Å². The van der Waals surface area contributed by atoms with Gasteiger partial charge < -0.3 is 5.32 Å². The fraction of sp³-hybridized carbons (Fsp3) is 0. The van der Waals surface area contributed by atoms with Gasteiger partial charge in [-0.25, -0.2) is 0 Å². The number of thiophene rings is 1. The minimum Gasteiger partial charge on any atom is -0.322 e. The summed E-state index contributed by atoms with van der Waals surface area (Å²) in [4.78, 5) is 12.9. The molecule has 0 unspecified atom stereocenters. The first kappa shape index (κ1) is 13.3. The first-order chi connectivity index (χ1) is 10.3. The van der Waals surface area contributed by atoms with E-state index < -0.39 is 0 Å². The molecule has 0 aliphatic heterocycles. The van der Waals surface area contributed by atoms with Gasteiger partial charge in [0.25, 0.3) is 0 Å². The SMILES string of the molecule is O=C(/C=C\c1cccs1)Nc1cccc(-c2ccn[nH]2)c1. The van der Waals surface area contributed by atoms with Crippen LogP contribution in [0.15, 0.2) is 60.1 Å². The van der Waals surface area contributed by atoms with Crippen molar-refractivity contribution in [1.29, 1.82) is 0 Å². The third-order valence-corrected chi connectivity index (χ3v) is 3.72. The second-order valence-electron chi connectivity index (χ2n) is 4.39. The molecule has 0 aliphatic carbocycles. The van der Waals surface area contributed by atoms with Crippen LogP contribution in [0.2, 0.25) is 0 Å². The predicted octanol–water partition coefficient (Wildman–Crippen LogP) is 3.79. The van der Waals surface area contributed by atoms with Crippen LogP contribution in [-0.4, -0.2) is 16.1 Å². The van der Waals surface area contributed by atoms with Crippen LogP contribution in [0.5, 0.6) is 0 Å². The van der Waals surface area contributed by atoms with Crippen molar-refractivity contribution in [3.8, 4) is 11.3 Å². The zero-order chi connectivity index (χ0) is 14.5. The van der Waals surface area contributed by atoms with E-state index in [1.807, 2.05) is 47.8 Å². The second kappa shape index (κ2) is 6.19. The maximum atomic E-state index is 11.9. The molecule has 2 heterocycles. The lowest BCUT2D eigenvalue weighted by molar-refractivity contribution is -0.111. The largest absolute Gasteiger partial charge is 0.322 e. The minimum absolute atomic E-state index is 0.148. The van der Waals surface area contributed by atoms with Crippen LogP contribution in [0.3, 0.4) is 0 Å². The van der Waals surface area contributed by atoms with Gasteiger partial charge in [-0.3, -0.25) is 9.89 Å². The molecule has 3 rings (SSSR count). The van der Waals surface area contributed by atoms with Crippen molar-refractivity contribution in [1.82, 2.24) is 10.2 Å². The summed E-state index contributed by atoms with van der Waals surface area (Å²) in [5.41, 5.74) is 2.65. The average molecular weight is 295 g/mol. The molecule has 0 radical (unpaired) electrons. The lowest BCUT2D eigenvalue weighted by Crippen LogP contribution is -2.07. The Balaban J connectivity index is 1.70. The van der Waals surface area contributed by atoms with Crippen LogP contribution in [0.1, 0.15) is 4.88 Å². The highest BCUT2D eigenvalue weighted by atomic mass is 32.1. The van der Waals surface area contributed by atoms with Crippen LogP contribution in [0.4, 0.5) is 5.69 Å². The van der Waals surface area contributed by atoms with E-state index in [0.29, 0.717) is 0 Å². The molecule has 4 nitrogen and oxygen atoms in total. The van der Waals surface area contributed by atoms with E-state index in [4.69, 9.17) is 0 Å². The summed E-state index contributed by atoms with van der Waals surface area (Å²) in [7, 11) is 0. The monoisotopic (exact) mass is 295 g/mol. The van der Waals surface area contributed by atoms with Gasteiger partial charge in [-0.05, 0) is 35.7 Å². The van der Waals surface area contributed by atoms with Crippen LogP contribution >= 0.6 is 11.3 Å². The van der Waals surface area contributed by atoms with E-state index in [1.165, 1.54) is 6.08 Å². The van der Waals surface area contributed by atoms with E-state index >= 15 is 0 Å². The van der Waals surface area contributed by atoms with E-state index in [2.05, 4.69) is 15.5 Å². The Hall–Kier alpha value is -2.66. The predicted molar refractivity (Wildman–Crippen MR) is 86.0 cm³/mol. The molecule has 104 valence electrons. The molecule has 0 saturated carbocycles. The summed E-state index contributed by atoms with van der Waals surface area (Å²) in [6.45, 7) is 0. The molecular weight excluding hydrogens is 282 g/mol. The van der Waals surface area contributed by atoms with Gasteiger partial charge in [-0.1, -0.05) is 18.2 Å². The third kappa shape index (κ3) is 3.46. The Bertz CT molecular complexity index is 746. The van der Waals surface area contributed by atoms with Gasteiger partial charge in [-0.15, -0.1) is 11.3 Å². The highest BCUT2D eigenvalue weighted by Crippen LogP contribution is 2.20. The third-order valence-electron chi connectivity index (χ3n) is 2.88. The number of amides is 1. The zero-order valence-electron chi connectivity index (χ0n) is 11.1. The molecule has 0 aliphatic rings. The number of carbonyl (C=O) groups excluding carboxylic acids is 1. The molecule has 21 heavy (non-hydrogen) atoms. The van der Waals surface area contributed by atoms with Gasteiger partial charge in [0.05, 0.1) is 5.69 Å². The van der Waals surface area contributed by atoms with Crippen LogP contribution in [0, 0.1) is 0 Å². The van der Waals surface area contributed by atoms with Crippen molar-refractivity contribution in [2.24, 2.45) is 0 Å². The molecule has 2 aromatic heterocycles. The first-order valence-electron chi connectivity index (χ1n) is 6.44. The maximum absolute atomic E-state index is 11.9. The van der Waals surface area contributed by atoms with Crippen molar-refractivity contribution in [3.05, 3.63) is 65.0 Å². The van der Waals surface area contributed by atoms with Crippen LogP contribution in [-0.2, 0) is 4.79 Å². The first-order valence-corrected chi connectivity index (χ1v) is 7.31. The topological polar surface area (TPSA) is 57.8 Å². The molecule has 0 spiro atoms. The Labute approximate surface area is 126 Å². The van der Waals surface area contributed by atoms with Gasteiger partial charge in [0.2, 0.25) is 5.91 Å². The van der Waals surface area contributed by atoms with E-state index in [0.717, 1.165) is 21.8 Å². The molecule has 0 saturated heterocycles. The lowest BCUT2D eigenvalue weighted by atomic mass is 10.1. The summed E-state index contributed by atoms with van der Waals surface area (Å²) < 4.78 is 0. The summed E-state index contributed by atoms with van der Waals surface area (Å²) in [6, 6.07) is 13.4. The minimum atomic E-state index is -0.148. The quantitative estimate of drug-likeness (QED) is 0.719. The Morgan fingerprint density at radius 3 is 2.95 bits per heavy atom. The summed E-state index contributed by atoms with van der Waals surface area (Å²) in [5, 5.41) is 11.7. The fourth-order valence-corrected chi connectivity index (χ4v) is 2.53. The molecule has 1 aromatic carbocycles. The van der Waals surface area contributed by atoms with Gasteiger partial charge in [0, 0.05) is 28.4 Å². The van der Waals surface area contributed by atoms with Gasteiger partial charge in [0.15, 0.2) is 0 Å². The molecular formula is C16H13N3OS. The Kier molecular flexibility index (Phi) is 3.93. The summed E-state index contributed by atoms with van der Waals surface area (Å²) in [5.74, 6) is -0.148. The number of nitrogens with zero attached hydrogens (tertiary/aromatic N) is 1. The fourth-order valence-electron chi connectivity index (χ4n) is 1.91. The summed E-state index contributed by atoms with van der Waals surface area (Å²) >= 11 is 1.59. The van der Waals surface area contributed by atoms with Gasteiger partial charge >= 0.3 is 0 Å². The highest BCUT2D eigenvalue weighted by molar-refractivity contribution is 7.10. The van der Waals surface area contributed by atoms with Crippen molar-refractivity contribution in [3.63, 3.8) is 0 Å². The lowest BCUT2D eigenvalue weighted by Gasteiger charge is -2.04. The smallest absolute Gasteiger partial charge is 0.248 e. The zero-order valence-corrected chi connectivity index (χ0v) is 11.9. The number of H-pyrrole nitrogens is 1. The van der Waals surface area contributed by atoms with Crippen molar-refractivity contribution >= 4 is 29.0 Å². The molecule has 0 bridgehead atoms. The number of aromatic amines is 1. The number of aromatic nitrogens is 2. The molecule has 0 atom stereocenters. The van der Waals surface area contributed by atoms with E-state index in [1.54, 1.807) is 23.6 Å². The second-order valence-corrected chi connectivity index (χ2v) is 5.37. The summed E-state index contributed by atoms with van der Waals surface area (Å²) in [6.07, 6.45) is 5.04. The van der Waals surface area contributed by atoms with E-state index in [-0.39, 0.29) is 5.91 Å². The number of benzene rings is 1. The normalized spacial score (nSPS) is 10.9. The van der Waals surface area contributed by atoms with Gasteiger partial charge in [0.1, 0.15) is 0 Å². The molecule has 3 aromatic rings. The number of nitrogens with one attached hydrogen (secondary N) is 2. The van der Waals surface area contributed by atoms with Crippen molar-refractivity contribution in [2.75, 3.05) is 5.32 Å².